The Morgan fingerprint density at radius 2 is 0.520 bits per heavy atom. The molecule has 0 amide bonds. The molecule has 0 saturated heterocycles. The van der Waals surface area contributed by atoms with E-state index in [-0.39, 0.29) is 25.7 Å². The summed E-state index contributed by atoms with van der Waals surface area (Å²) in [5.41, 5.74) is 0. The van der Waals surface area contributed by atoms with Crippen molar-refractivity contribution in [1.82, 2.24) is 0 Å². The highest BCUT2D eigenvalue weighted by Crippen LogP contribution is 2.45. The van der Waals surface area contributed by atoms with Gasteiger partial charge in [0.1, 0.15) is 19.3 Å². The van der Waals surface area contributed by atoms with E-state index >= 15 is 0 Å². The molecule has 0 radical (unpaired) electrons. The van der Waals surface area contributed by atoms with E-state index in [4.69, 9.17) is 37.0 Å². The predicted molar refractivity (Wildman–Crippen MR) is 400 cm³/mol. The molecule has 19 heteroatoms. The monoisotopic (exact) mass is 1440 g/mol. The molecular formula is C79H154O17P2. The predicted octanol–water partition coefficient (Wildman–Crippen LogP) is 23.5. The number of rotatable bonds is 78. The number of hydrogen-bond donors (Lipinski definition) is 3. The second-order valence-corrected chi connectivity index (χ2v) is 32.1. The van der Waals surface area contributed by atoms with Crippen LogP contribution in [0.25, 0.3) is 0 Å². The van der Waals surface area contributed by atoms with Gasteiger partial charge in [-0.2, -0.15) is 0 Å². The van der Waals surface area contributed by atoms with Gasteiger partial charge < -0.3 is 33.8 Å². The van der Waals surface area contributed by atoms with Crippen molar-refractivity contribution < 1.29 is 80.2 Å². The topological polar surface area (TPSA) is 237 Å². The summed E-state index contributed by atoms with van der Waals surface area (Å²) < 4.78 is 68.6. The zero-order valence-corrected chi connectivity index (χ0v) is 65.9. The van der Waals surface area contributed by atoms with Crippen molar-refractivity contribution in [2.75, 3.05) is 39.6 Å². The molecule has 0 aromatic rings. The Bertz CT molecular complexity index is 1890. The van der Waals surface area contributed by atoms with Crippen molar-refractivity contribution in [3.63, 3.8) is 0 Å². The molecule has 3 N–H and O–H groups in total. The minimum absolute atomic E-state index is 0.106. The first-order chi connectivity index (χ1) is 47.4. The van der Waals surface area contributed by atoms with Crippen LogP contribution in [-0.2, 0) is 65.4 Å². The molecule has 0 fully saturated rings. The summed E-state index contributed by atoms with van der Waals surface area (Å²) in [4.78, 5) is 72.9. The molecule has 0 bridgehead atoms. The van der Waals surface area contributed by atoms with Crippen molar-refractivity contribution in [2.45, 2.75) is 432 Å². The number of aliphatic hydroxyl groups excluding tert-OH is 1. The van der Waals surface area contributed by atoms with Gasteiger partial charge in [-0.25, -0.2) is 9.13 Å². The standard InChI is InChI=1S/C79H154O17P2/c1-7-10-12-14-16-18-19-20-21-22-23-24-25-26-27-32-39-45-51-57-63-78(83)95-75(68-90-77(82)62-56-50-44-38-31-29-28-30-36-41-47-53-59-71(4)5)70-94-98(87,88)92-66-73(80)65-91-97(85,86)93-69-74(67-89-76(81)61-55-49-43-35-17-15-13-11-8-2)96-79(84)64-58-52-46-40-34-33-37-42-48-54-60-72(6)9-3/h71-75,80H,7-70H2,1-6H3,(H,85,86)(H,87,88)/t72?,73-,74+,75+/m0/s1. The Morgan fingerprint density at radius 3 is 0.776 bits per heavy atom. The van der Waals surface area contributed by atoms with Crippen molar-refractivity contribution in [3.05, 3.63) is 0 Å². The number of carbonyl (C=O) groups is 4. The molecule has 0 aromatic carbocycles. The van der Waals surface area contributed by atoms with E-state index in [0.29, 0.717) is 25.7 Å². The Hall–Kier alpha value is -1.94. The lowest BCUT2D eigenvalue weighted by molar-refractivity contribution is -0.161. The average molecular weight is 1440 g/mol. The molecule has 582 valence electrons. The van der Waals surface area contributed by atoms with Gasteiger partial charge in [-0.05, 0) is 37.5 Å². The zero-order chi connectivity index (χ0) is 72.1. The number of hydrogen-bond acceptors (Lipinski definition) is 15. The van der Waals surface area contributed by atoms with Gasteiger partial charge in [0, 0.05) is 25.7 Å². The normalized spacial score (nSPS) is 14.2. The molecule has 0 rings (SSSR count). The van der Waals surface area contributed by atoms with Crippen molar-refractivity contribution in [2.24, 2.45) is 11.8 Å². The first-order valence-electron chi connectivity index (χ1n) is 41.0. The molecule has 0 saturated carbocycles. The molecular weight excluding hydrogens is 1280 g/mol. The maximum Gasteiger partial charge on any atom is 0.472 e. The zero-order valence-electron chi connectivity index (χ0n) is 64.1. The van der Waals surface area contributed by atoms with Crippen LogP contribution in [0.5, 0.6) is 0 Å². The van der Waals surface area contributed by atoms with E-state index in [0.717, 1.165) is 102 Å². The second kappa shape index (κ2) is 70.7. The lowest BCUT2D eigenvalue weighted by Gasteiger charge is -2.21. The fourth-order valence-electron chi connectivity index (χ4n) is 12.2. The third-order valence-electron chi connectivity index (χ3n) is 18.8. The molecule has 0 heterocycles. The molecule has 0 aliphatic heterocycles. The van der Waals surface area contributed by atoms with E-state index < -0.39 is 97.5 Å². The first kappa shape index (κ1) is 96.1. The fraction of sp³-hybridized carbons (Fsp3) is 0.949. The third-order valence-corrected chi connectivity index (χ3v) is 20.7. The van der Waals surface area contributed by atoms with Crippen molar-refractivity contribution >= 4 is 39.5 Å². The van der Waals surface area contributed by atoms with Gasteiger partial charge in [0.15, 0.2) is 12.2 Å². The molecule has 6 atom stereocenters. The minimum Gasteiger partial charge on any atom is -0.462 e. The highest BCUT2D eigenvalue weighted by atomic mass is 31.2. The van der Waals surface area contributed by atoms with E-state index in [1.807, 2.05) is 0 Å². The van der Waals surface area contributed by atoms with Crippen LogP contribution in [0.4, 0.5) is 0 Å². The average Bonchev–Trinajstić information content (AvgIpc) is 1.24. The Labute approximate surface area is 600 Å². The summed E-state index contributed by atoms with van der Waals surface area (Å²) in [5.74, 6) is -0.528. The Balaban J connectivity index is 5.22. The quantitative estimate of drug-likeness (QED) is 0.0222. The van der Waals surface area contributed by atoms with Crippen LogP contribution < -0.4 is 0 Å². The smallest absolute Gasteiger partial charge is 0.462 e. The van der Waals surface area contributed by atoms with Crippen LogP contribution in [0.3, 0.4) is 0 Å². The van der Waals surface area contributed by atoms with Gasteiger partial charge in [0.25, 0.3) is 0 Å². The van der Waals surface area contributed by atoms with Gasteiger partial charge in [-0.3, -0.25) is 37.3 Å². The molecule has 3 unspecified atom stereocenters. The van der Waals surface area contributed by atoms with Gasteiger partial charge in [-0.1, -0.05) is 363 Å². The lowest BCUT2D eigenvalue weighted by atomic mass is 9.99. The number of phosphoric acid groups is 2. The van der Waals surface area contributed by atoms with Crippen LogP contribution >= 0.6 is 15.6 Å². The lowest BCUT2D eigenvalue weighted by Crippen LogP contribution is -2.30. The van der Waals surface area contributed by atoms with E-state index in [9.17, 15) is 43.2 Å². The van der Waals surface area contributed by atoms with Crippen LogP contribution in [0.1, 0.15) is 414 Å². The van der Waals surface area contributed by atoms with Crippen LogP contribution in [0.2, 0.25) is 0 Å². The number of esters is 4. The highest BCUT2D eigenvalue weighted by Gasteiger charge is 2.30. The van der Waals surface area contributed by atoms with Gasteiger partial charge in [0.05, 0.1) is 26.4 Å². The van der Waals surface area contributed by atoms with Gasteiger partial charge >= 0.3 is 39.5 Å². The first-order valence-corrected chi connectivity index (χ1v) is 44.0. The maximum atomic E-state index is 13.1. The highest BCUT2D eigenvalue weighted by molar-refractivity contribution is 7.47. The molecule has 17 nitrogen and oxygen atoms in total. The van der Waals surface area contributed by atoms with Crippen LogP contribution in [-0.4, -0.2) is 96.7 Å². The largest absolute Gasteiger partial charge is 0.472 e. The van der Waals surface area contributed by atoms with Crippen molar-refractivity contribution in [3.8, 4) is 0 Å². The van der Waals surface area contributed by atoms with Gasteiger partial charge in [-0.15, -0.1) is 0 Å². The Morgan fingerprint density at radius 1 is 0.296 bits per heavy atom. The number of phosphoric ester groups is 2. The van der Waals surface area contributed by atoms with E-state index in [2.05, 4.69) is 41.5 Å². The summed E-state index contributed by atoms with van der Waals surface area (Å²) >= 11 is 0. The number of unbranched alkanes of at least 4 members (excludes halogenated alkanes) is 47. The van der Waals surface area contributed by atoms with Crippen molar-refractivity contribution in [1.29, 1.82) is 0 Å². The number of carbonyl (C=O) groups excluding carboxylic acids is 4. The maximum absolute atomic E-state index is 13.1. The number of ether oxygens (including phenoxy) is 4. The Kier molecular flexibility index (Phi) is 69.3. The molecule has 0 spiro atoms. The summed E-state index contributed by atoms with van der Waals surface area (Å²) in [5, 5.41) is 10.6. The third kappa shape index (κ3) is 71.1. The summed E-state index contributed by atoms with van der Waals surface area (Å²) in [6.45, 7) is 9.64. The minimum atomic E-state index is -4.96. The molecule has 98 heavy (non-hydrogen) atoms. The fourth-order valence-corrected chi connectivity index (χ4v) is 13.7. The molecule has 0 aromatic heterocycles. The van der Waals surface area contributed by atoms with E-state index in [1.54, 1.807) is 0 Å². The van der Waals surface area contributed by atoms with Crippen LogP contribution in [0.15, 0.2) is 0 Å². The number of aliphatic hydroxyl groups is 1. The summed E-state index contributed by atoms with van der Waals surface area (Å²) in [7, 11) is -9.91. The van der Waals surface area contributed by atoms with Gasteiger partial charge in [0.2, 0.25) is 0 Å². The molecule has 0 aliphatic carbocycles. The SMILES string of the molecule is CCCCCCCCCCCCCCCCCCCCCCC(=O)O[C@H](COC(=O)CCCCCCCCCCCCCCC(C)C)COP(=O)(O)OC[C@@H](O)COP(=O)(O)OC[C@@H](COC(=O)CCCCCCCCCCC)OC(=O)CCCCCCCCCCCCC(C)CC. The molecule has 0 aliphatic rings. The van der Waals surface area contributed by atoms with Crippen LogP contribution in [0, 0.1) is 11.8 Å². The van der Waals surface area contributed by atoms with E-state index in [1.165, 1.54) is 231 Å². The summed E-state index contributed by atoms with van der Waals surface area (Å²) in [6.07, 6.45) is 59.6. The summed E-state index contributed by atoms with van der Waals surface area (Å²) in [6, 6.07) is 0. The second-order valence-electron chi connectivity index (χ2n) is 29.2.